The molecule has 1 aliphatic rings. The van der Waals surface area contributed by atoms with Gasteiger partial charge in [-0.15, -0.1) is 0 Å². The summed E-state index contributed by atoms with van der Waals surface area (Å²) in [7, 11) is 0. The van der Waals surface area contributed by atoms with Gasteiger partial charge in [0.1, 0.15) is 0 Å². The van der Waals surface area contributed by atoms with Crippen molar-refractivity contribution in [2.75, 3.05) is 31.6 Å². The van der Waals surface area contributed by atoms with Gasteiger partial charge >= 0.3 is 11.8 Å². The number of ether oxygens (including phenoxy) is 1. The number of anilines is 1. The Labute approximate surface area is 207 Å². The van der Waals surface area contributed by atoms with E-state index in [9.17, 15) is 14.4 Å². The Kier molecular flexibility index (Phi) is 6.68. The summed E-state index contributed by atoms with van der Waals surface area (Å²) in [5.74, 6) is -2.09. The van der Waals surface area contributed by atoms with Crippen LogP contribution < -0.4 is 10.7 Å². The fourth-order valence-corrected chi connectivity index (χ4v) is 4.29. The average molecular weight is 481 g/mol. The van der Waals surface area contributed by atoms with Crippen molar-refractivity contribution in [3.05, 3.63) is 90.0 Å². The summed E-state index contributed by atoms with van der Waals surface area (Å²) in [6.07, 6.45) is 1.55. The SMILES string of the molecule is O=C(N/N=C\c1c2ccccc2cc2ccccc12)C(=O)Nc1ccccc1C(=O)N1CCOCC1. The lowest BCUT2D eigenvalue weighted by Crippen LogP contribution is -2.41. The molecule has 1 aliphatic heterocycles. The number of nitrogens with zero attached hydrogens (tertiary/aromatic N) is 2. The lowest BCUT2D eigenvalue weighted by atomic mass is 9.97. The fourth-order valence-electron chi connectivity index (χ4n) is 4.29. The van der Waals surface area contributed by atoms with Crippen LogP contribution >= 0.6 is 0 Å². The van der Waals surface area contributed by atoms with E-state index in [0.29, 0.717) is 31.9 Å². The van der Waals surface area contributed by atoms with Gasteiger partial charge in [-0.25, -0.2) is 5.43 Å². The van der Waals surface area contributed by atoms with Crippen molar-refractivity contribution in [1.82, 2.24) is 10.3 Å². The second kappa shape index (κ2) is 10.4. The van der Waals surface area contributed by atoms with Crippen molar-refractivity contribution in [2.45, 2.75) is 0 Å². The number of morpholine rings is 1. The third-order valence-corrected chi connectivity index (χ3v) is 6.08. The lowest BCUT2D eigenvalue weighted by Gasteiger charge is -2.27. The Morgan fingerprint density at radius 2 is 1.42 bits per heavy atom. The Morgan fingerprint density at radius 3 is 2.11 bits per heavy atom. The fraction of sp³-hybridized carbons (Fsp3) is 0.143. The van der Waals surface area contributed by atoms with Crippen LogP contribution in [0.3, 0.4) is 0 Å². The molecule has 180 valence electrons. The second-order valence-corrected chi connectivity index (χ2v) is 8.34. The highest BCUT2D eigenvalue weighted by molar-refractivity contribution is 6.40. The Bertz CT molecular complexity index is 1440. The van der Waals surface area contributed by atoms with E-state index in [2.05, 4.69) is 21.9 Å². The quantitative estimate of drug-likeness (QED) is 0.202. The van der Waals surface area contributed by atoms with Crippen LogP contribution in [-0.4, -0.2) is 55.1 Å². The molecule has 0 unspecified atom stereocenters. The van der Waals surface area contributed by atoms with Gasteiger partial charge in [0.15, 0.2) is 0 Å². The zero-order chi connectivity index (χ0) is 24.9. The van der Waals surface area contributed by atoms with E-state index < -0.39 is 11.8 Å². The number of carbonyl (C=O) groups excluding carboxylic acids is 3. The summed E-state index contributed by atoms with van der Waals surface area (Å²) in [5.41, 5.74) is 3.71. The highest BCUT2D eigenvalue weighted by Gasteiger charge is 2.23. The van der Waals surface area contributed by atoms with Gasteiger partial charge in [-0.2, -0.15) is 5.10 Å². The second-order valence-electron chi connectivity index (χ2n) is 8.34. The first-order valence-electron chi connectivity index (χ1n) is 11.6. The van der Waals surface area contributed by atoms with Crippen molar-refractivity contribution in [3.8, 4) is 0 Å². The number of amides is 3. The third-order valence-electron chi connectivity index (χ3n) is 6.08. The number of hydrazone groups is 1. The van der Waals surface area contributed by atoms with Crippen molar-refractivity contribution >= 4 is 51.2 Å². The van der Waals surface area contributed by atoms with Crippen molar-refractivity contribution in [1.29, 1.82) is 0 Å². The molecule has 0 atom stereocenters. The van der Waals surface area contributed by atoms with Gasteiger partial charge in [0, 0.05) is 18.7 Å². The summed E-state index contributed by atoms with van der Waals surface area (Å²) in [5, 5.41) is 10.6. The molecule has 1 fully saturated rings. The smallest absolute Gasteiger partial charge is 0.329 e. The molecule has 1 saturated heterocycles. The van der Waals surface area contributed by atoms with Crippen LogP contribution in [0.15, 0.2) is 84.0 Å². The maximum atomic E-state index is 12.9. The van der Waals surface area contributed by atoms with Gasteiger partial charge in [0.05, 0.1) is 30.7 Å². The summed E-state index contributed by atoms with van der Waals surface area (Å²) >= 11 is 0. The molecule has 4 aromatic carbocycles. The monoisotopic (exact) mass is 480 g/mol. The molecule has 2 N–H and O–H groups in total. The van der Waals surface area contributed by atoms with Gasteiger partial charge in [0.2, 0.25) is 0 Å². The number of carbonyl (C=O) groups is 3. The average Bonchev–Trinajstić information content (AvgIpc) is 2.93. The molecule has 4 aromatic rings. The molecule has 36 heavy (non-hydrogen) atoms. The predicted molar refractivity (Wildman–Crippen MR) is 139 cm³/mol. The normalized spacial score (nSPS) is 13.7. The van der Waals surface area contributed by atoms with E-state index >= 15 is 0 Å². The van der Waals surface area contributed by atoms with Crippen LogP contribution in [-0.2, 0) is 14.3 Å². The zero-order valence-electron chi connectivity index (χ0n) is 19.4. The topological polar surface area (TPSA) is 100 Å². The number of fused-ring (bicyclic) bond motifs is 2. The molecule has 0 bridgehead atoms. The molecule has 5 rings (SSSR count). The van der Waals surface area contributed by atoms with Crippen LogP contribution in [0, 0.1) is 0 Å². The van der Waals surface area contributed by atoms with Gasteiger partial charge in [-0.1, -0.05) is 60.7 Å². The maximum absolute atomic E-state index is 12.9. The van der Waals surface area contributed by atoms with Crippen molar-refractivity contribution in [2.24, 2.45) is 5.10 Å². The van der Waals surface area contributed by atoms with Gasteiger partial charge < -0.3 is 15.0 Å². The van der Waals surface area contributed by atoms with Crippen LogP contribution in [0.1, 0.15) is 15.9 Å². The molecule has 3 amide bonds. The summed E-state index contributed by atoms with van der Waals surface area (Å²) in [4.78, 5) is 39.7. The van der Waals surface area contributed by atoms with E-state index in [-0.39, 0.29) is 11.6 Å². The molecule has 0 radical (unpaired) electrons. The highest BCUT2D eigenvalue weighted by Crippen LogP contribution is 2.27. The number of hydrogen-bond donors (Lipinski definition) is 2. The molecule has 0 aromatic heterocycles. The Hall–Kier alpha value is -4.56. The summed E-state index contributed by atoms with van der Waals surface area (Å²) in [6.45, 7) is 1.87. The van der Waals surface area contributed by atoms with Gasteiger partial charge in [-0.3, -0.25) is 14.4 Å². The number of nitrogens with one attached hydrogen (secondary N) is 2. The van der Waals surface area contributed by atoms with Gasteiger partial charge in [-0.05, 0) is 39.7 Å². The summed E-state index contributed by atoms with van der Waals surface area (Å²) < 4.78 is 5.30. The van der Waals surface area contributed by atoms with Crippen LogP contribution in [0.2, 0.25) is 0 Å². The van der Waals surface area contributed by atoms with E-state index in [4.69, 9.17) is 4.74 Å². The van der Waals surface area contributed by atoms with Crippen LogP contribution in [0.5, 0.6) is 0 Å². The minimum atomic E-state index is -0.940. The minimum absolute atomic E-state index is 0.226. The number of rotatable bonds is 4. The highest BCUT2D eigenvalue weighted by atomic mass is 16.5. The number of benzene rings is 4. The maximum Gasteiger partial charge on any atom is 0.329 e. The van der Waals surface area contributed by atoms with Crippen molar-refractivity contribution < 1.29 is 19.1 Å². The molecular weight excluding hydrogens is 456 g/mol. The molecule has 0 spiro atoms. The molecule has 0 saturated carbocycles. The molecule has 8 heteroatoms. The van der Waals surface area contributed by atoms with Crippen LogP contribution in [0.25, 0.3) is 21.5 Å². The number of para-hydroxylation sites is 1. The van der Waals surface area contributed by atoms with E-state index in [1.807, 2.05) is 48.5 Å². The standard InChI is InChI=1S/C28H24N4O4/c33-26(30-25-12-6-5-11-23(25)28(35)32-13-15-36-16-14-32)27(34)31-29-18-24-21-9-3-1-7-19(21)17-20-8-2-4-10-22(20)24/h1-12,17-18H,13-16H2,(H,30,33)(H,31,34)/b29-18-. The number of hydrogen-bond acceptors (Lipinski definition) is 5. The van der Waals surface area contributed by atoms with E-state index in [0.717, 1.165) is 27.1 Å². The molecule has 8 nitrogen and oxygen atoms in total. The van der Waals surface area contributed by atoms with Crippen molar-refractivity contribution in [3.63, 3.8) is 0 Å². The van der Waals surface area contributed by atoms with Crippen LogP contribution in [0.4, 0.5) is 5.69 Å². The zero-order valence-corrected chi connectivity index (χ0v) is 19.4. The largest absolute Gasteiger partial charge is 0.378 e. The lowest BCUT2D eigenvalue weighted by molar-refractivity contribution is -0.136. The first kappa shape index (κ1) is 23.2. The summed E-state index contributed by atoms with van der Waals surface area (Å²) in [6, 6.07) is 24.5. The first-order chi connectivity index (χ1) is 17.6. The van der Waals surface area contributed by atoms with Gasteiger partial charge in [0.25, 0.3) is 5.91 Å². The molecule has 1 heterocycles. The molecule has 0 aliphatic carbocycles. The predicted octanol–water partition coefficient (Wildman–Crippen LogP) is 3.55. The minimum Gasteiger partial charge on any atom is -0.378 e. The van der Waals surface area contributed by atoms with E-state index in [1.165, 1.54) is 0 Å². The molecular formula is C28H24N4O4. The van der Waals surface area contributed by atoms with E-state index in [1.54, 1.807) is 35.4 Å². The third kappa shape index (κ3) is 4.80. The Balaban J connectivity index is 1.32. The first-order valence-corrected chi connectivity index (χ1v) is 11.6. The Morgan fingerprint density at radius 1 is 0.806 bits per heavy atom.